The van der Waals surface area contributed by atoms with Crippen LogP contribution in [0.3, 0.4) is 0 Å². The first-order chi connectivity index (χ1) is 12.2. The van der Waals surface area contributed by atoms with Gasteiger partial charge in [-0.1, -0.05) is 90.0 Å². The van der Waals surface area contributed by atoms with Crippen molar-refractivity contribution in [3.8, 4) is 0 Å². The van der Waals surface area contributed by atoms with Crippen LogP contribution >= 0.6 is 0 Å². The normalized spacial score (nSPS) is 18.0. The Hall–Kier alpha value is -0.603. The second kappa shape index (κ2) is 11.2. The predicted octanol–water partition coefficient (Wildman–Crippen LogP) is 7.82. The molecule has 0 unspecified atom stereocenters. The van der Waals surface area contributed by atoms with Gasteiger partial charge in [-0.15, -0.1) is 0 Å². The minimum Gasteiger partial charge on any atom is -0.410 e. The predicted molar refractivity (Wildman–Crippen MR) is 113 cm³/mol. The van der Waals surface area contributed by atoms with Crippen LogP contribution in [-0.4, -0.2) is 8.32 Å². The Morgan fingerprint density at radius 2 is 1.48 bits per heavy atom. The van der Waals surface area contributed by atoms with Gasteiger partial charge >= 0.3 is 0 Å². The summed E-state index contributed by atoms with van der Waals surface area (Å²) in [5.74, 6) is 0. The molecule has 1 aliphatic rings. The molecule has 0 amide bonds. The molecule has 0 spiro atoms. The van der Waals surface area contributed by atoms with Gasteiger partial charge in [0.15, 0.2) is 8.32 Å². The lowest BCUT2D eigenvalue weighted by Crippen LogP contribution is -2.39. The average Bonchev–Trinajstić information content (AvgIpc) is 2.85. The van der Waals surface area contributed by atoms with Crippen molar-refractivity contribution in [3.05, 3.63) is 35.4 Å². The standard InChI is InChI=1S/C23H40OSi/c1-4-7-18-25(19-8-5-2,20-9-6-3)24-23-17-13-11-15-21-14-10-12-16-22(21)23/h10,12,14,16,23H,4-9,11,13,15,17-20H2,1-3H3/t23-/m0/s1. The summed E-state index contributed by atoms with van der Waals surface area (Å²) < 4.78 is 7.23. The summed E-state index contributed by atoms with van der Waals surface area (Å²) in [6.07, 6.45) is 13.5. The maximum absolute atomic E-state index is 7.23. The minimum absolute atomic E-state index is 0.371. The summed E-state index contributed by atoms with van der Waals surface area (Å²) in [5, 5.41) is 0. The van der Waals surface area contributed by atoms with Gasteiger partial charge < -0.3 is 4.43 Å². The summed E-state index contributed by atoms with van der Waals surface area (Å²) in [6.45, 7) is 7.00. The van der Waals surface area contributed by atoms with Gasteiger partial charge in [-0.25, -0.2) is 0 Å². The van der Waals surface area contributed by atoms with Gasteiger partial charge in [0, 0.05) is 0 Å². The lowest BCUT2D eigenvalue weighted by Gasteiger charge is -2.36. The molecule has 0 aromatic heterocycles. The molecule has 0 fully saturated rings. The minimum atomic E-state index is -1.64. The number of hydrogen-bond donors (Lipinski definition) is 0. The van der Waals surface area contributed by atoms with Crippen molar-refractivity contribution >= 4 is 8.32 Å². The van der Waals surface area contributed by atoms with E-state index in [0.717, 1.165) is 0 Å². The monoisotopic (exact) mass is 360 g/mol. The molecule has 1 nitrogen and oxygen atoms in total. The highest BCUT2D eigenvalue weighted by molar-refractivity contribution is 6.73. The van der Waals surface area contributed by atoms with Gasteiger partial charge in [0.25, 0.3) is 0 Å². The average molecular weight is 361 g/mol. The number of hydrogen-bond acceptors (Lipinski definition) is 1. The van der Waals surface area contributed by atoms with E-state index in [1.165, 1.54) is 87.9 Å². The van der Waals surface area contributed by atoms with Gasteiger partial charge in [-0.3, -0.25) is 0 Å². The Morgan fingerprint density at radius 1 is 0.880 bits per heavy atom. The molecule has 0 saturated heterocycles. The fourth-order valence-electron chi connectivity index (χ4n) is 4.35. The number of unbranched alkanes of at least 4 members (excludes halogenated alkanes) is 3. The Balaban J connectivity index is 2.23. The van der Waals surface area contributed by atoms with Crippen LogP contribution in [0.15, 0.2) is 24.3 Å². The van der Waals surface area contributed by atoms with Crippen molar-refractivity contribution in [2.24, 2.45) is 0 Å². The summed E-state index contributed by atoms with van der Waals surface area (Å²) in [4.78, 5) is 0. The molecule has 0 saturated carbocycles. The second-order valence-corrected chi connectivity index (χ2v) is 12.1. The number of benzene rings is 1. The number of aryl methyl sites for hydroxylation is 1. The lowest BCUT2D eigenvalue weighted by molar-refractivity contribution is 0.175. The van der Waals surface area contributed by atoms with E-state index in [9.17, 15) is 0 Å². The zero-order valence-corrected chi connectivity index (χ0v) is 18.0. The lowest BCUT2D eigenvalue weighted by atomic mass is 10.0. The summed E-state index contributed by atoms with van der Waals surface area (Å²) in [5.41, 5.74) is 3.07. The third-order valence-corrected chi connectivity index (χ3v) is 10.5. The molecule has 2 heteroatoms. The number of fused-ring (bicyclic) bond motifs is 1. The van der Waals surface area contributed by atoms with Crippen LogP contribution < -0.4 is 0 Å². The zero-order valence-electron chi connectivity index (χ0n) is 17.0. The van der Waals surface area contributed by atoms with E-state index in [1.54, 1.807) is 5.56 Å². The first-order valence-electron chi connectivity index (χ1n) is 11.0. The maximum atomic E-state index is 7.23. The second-order valence-electron chi connectivity index (χ2n) is 8.04. The Bertz CT molecular complexity index is 463. The van der Waals surface area contributed by atoms with Crippen LogP contribution in [0.25, 0.3) is 0 Å². The van der Waals surface area contributed by atoms with Crippen molar-refractivity contribution in [1.29, 1.82) is 0 Å². The molecular weight excluding hydrogens is 320 g/mol. The van der Waals surface area contributed by atoms with E-state index in [-0.39, 0.29) is 0 Å². The fraction of sp³-hybridized carbons (Fsp3) is 0.739. The van der Waals surface area contributed by atoms with Gasteiger partial charge in [-0.2, -0.15) is 0 Å². The highest BCUT2D eigenvalue weighted by atomic mass is 28.4. The molecule has 0 aliphatic heterocycles. The van der Waals surface area contributed by atoms with Gasteiger partial charge in [0.2, 0.25) is 0 Å². The first kappa shape index (κ1) is 20.7. The third kappa shape index (κ3) is 6.25. The largest absolute Gasteiger partial charge is 0.410 e. The highest BCUT2D eigenvalue weighted by Crippen LogP contribution is 2.39. The van der Waals surface area contributed by atoms with Crippen molar-refractivity contribution in [3.63, 3.8) is 0 Å². The van der Waals surface area contributed by atoms with E-state index < -0.39 is 8.32 Å². The van der Waals surface area contributed by atoms with Gasteiger partial charge in [-0.05, 0) is 48.5 Å². The molecular formula is C23H40OSi. The van der Waals surface area contributed by atoms with Crippen LogP contribution in [0, 0.1) is 0 Å². The van der Waals surface area contributed by atoms with Crippen LogP contribution in [0.1, 0.15) is 95.8 Å². The number of rotatable bonds is 11. The van der Waals surface area contributed by atoms with E-state index in [0.29, 0.717) is 6.10 Å². The van der Waals surface area contributed by atoms with Gasteiger partial charge in [0.05, 0.1) is 6.10 Å². The molecule has 142 valence electrons. The summed E-state index contributed by atoms with van der Waals surface area (Å²) >= 11 is 0. The van der Waals surface area contributed by atoms with Gasteiger partial charge in [0.1, 0.15) is 0 Å². The molecule has 1 aromatic carbocycles. The summed E-state index contributed by atoms with van der Waals surface area (Å²) in [7, 11) is -1.64. The van der Waals surface area contributed by atoms with Crippen LogP contribution in [0.2, 0.25) is 18.1 Å². The molecule has 1 aliphatic carbocycles. The van der Waals surface area contributed by atoms with Crippen molar-refractivity contribution in [2.75, 3.05) is 0 Å². The first-order valence-corrected chi connectivity index (χ1v) is 13.5. The van der Waals surface area contributed by atoms with Crippen molar-refractivity contribution in [1.82, 2.24) is 0 Å². The highest BCUT2D eigenvalue weighted by Gasteiger charge is 2.36. The van der Waals surface area contributed by atoms with Crippen LogP contribution in [-0.2, 0) is 10.8 Å². The molecule has 0 bridgehead atoms. The van der Waals surface area contributed by atoms with Crippen LogP contribution in [0.4, 0.5) is 0 Å². The van der Waals surface area contributed by atoms with E-state index in [1.807, 2.05) is 0 Å². The van der Waals surface area contributed by atoms with E-state index in [2.05, 4.69) is 45.0 Å². The summed E-state index contributed by atoms with van der Waals surface area (Å²) in [6, 6.07) is 13.2. The molecule has 25 heavy (non-hydrogen) atoms. The molecule has 2 rings (SSSR count). The Labute approximate surface area is 157 Å². The van der Waals surface area contributed by atoms with Crippen molar-refractivity contribution < 1.29 is 4.43 Å². The Kier molecular flexibility index (Phi) is 9.26. The fourth-order valence-corrected chi connectivity index (χ4v) is 9.30. The zero-order chi connectivity index (χ0) is 18.0. The third-order valence-electron chi connectivity index (χ3n) is 5.91. The quantitative estimate of drug-likeness (QED) is 0.289. The maximum Gasteiger partial charge on any atom is 0.193 e. The Morgan fingerprint density at radius 3 is 2.08 bits per heavy atom. The van der Waals surface area contributed by atoms with E-state index in [4.69, 9.17) is 4.43 Å². The van der Waals surface area contributed by atoms with Crippen LogP contribution in [0.5, 0.6) is 0 Å². The topological polar surface area (TPSA) is 9.23 Å². The molecule has 1 atom stereocenters. The molecule has 1 aromatic rings. The molecule has 0 radical (unpaired) electrons. The SMILES string of the molecule is CCCC[Si](CCCC)(CCCC)O[C@H]1CCCCc2ccccc21. The van der Waals surface area contributed by atoms with Crippen molar-refractivity contribution in [2.45, 2.75) is 109 Å². The van der Waals surface area contributed by atoms with E-state index >= 15 is 0 Å². The smallest absolute Gasteiger partial charge is 0.193 e. The molecule has 0 heterocycles. The molecule has 0 N–H and O–H groups in total.